The molecule has 158 valence electrons. The number of benzene rings is 1. The van der Waals surface area contributed by atoms with Gasteiger partial charge in [-0.3, -0.25) is 0 Å². The number of methoxy groups -OCH3 is 2. The summed E-state index contributed by atoms with van der Waals surface area (Å²) >= 11 is 0. The average molecular weight is 409 g/mol. The zero-order chi connectivity index (χ0) is 20.5. The fourth-order valence-corrected chi connectivity index (χ4v) is 4.21. The van der Waals surface area contributed by atoms with E-state index >= 15 is 0 Å². The van der Waals surface area contributed by atoms with Gasteiger partial charge in [0.2, 0.25) is 11.4 Å². The van der Waals surface area contributed by atoms with Crippen LogP contribution < -0.4 is 19.5 Å². The molecule has 2 aliphatic carbocycles. The van der Waals surface area contributed by atoms with Crippen LogP contribution in [0, 0.1) is 0 Å². The quantitative estimate of drug-likeness (QED) is 0.635. The molecule has 8 heteroatoms. The van der Waals surface area contributed by atoms with Crippen molar-refractivity contribution in [1.82, 2.24) is 19.8 Å². The average Bonchev–Trinajstić information content (AvgIpc) is 3.52. The predicted molar refractivity (Wildman–Crippen MR) is 113 cm³/mol. The molecule has 8 nitrogen and oxygen atoms in total. The van der Waals surface area contributed by atoms with Crippen LogP contribution in [0.3, 0.4) is 0 Å². The summed E-state index contributed by atoms with van der Waals surface area (Å²) in [6.07, 6.45) is 8.28. The molecule has 0 spiro atoms. The van der Waals surface area contributed by atoms with Crippen LogP contribution in [-0.2, 0) is 0 Å². The van der Waals surface area contributed by atoms with Crippen LogP contribution in [0.2, 0.25) is 0 Å². The molecule has 2 heterocycles. The summed E-state index contributed by atoms with van der Waals surface area (Å²) in [6.45, 7) is 0. The van der Waals surface area contributed by atoms with E-state index in [4.69, 9.17) is 14.2 Å². The lowest BCUT2D eigenvalue weighted by Crippen LogP contribution is -2.31. The minimum absolute atomic E-state index is 0.164. The number of rotatable bonds is 7. The van der Waals surface area contributed by atoms with Crippen molar-refractivity contribution in [1.29, 1.82) is 0 Å². The van der Waals surface area contributed by atoms with Gasteiger partial charge in [-0.1, -0.05) is 6.07 Å². The lowest BCUT2D eigenvalue weighted by Gasteiger charge is -2.30. The molecule has 3 aromatic rings. The number of hydrogen-bond acceptors (Lipinski definition) is 7. The van der Waals surface area contributed by atoms with Crippen LogP contribution in [-0.4, -0.2) is 46.2 Å². The first-order valence-corrected chi connectivity index (χ1v) is 10.6. The van der Waals surface area contributed by atoms with Crippen LogP contribution in [0.4, 0.5) is 5.69 Å². The molecule has 5 rings (SSSR count). The Bertz CT molecular complexity index is 1020. The van der Waals surface area contributed by atoms with Gasteiger partial charge in [0.15, 0.2) is 11.5 Å². The summed E-state index contributed by atoms with van der Waals surface area (Å²) < 4.78 is 18.9. The van der Waals surface area contributed by atoms with Gasteiger partial charge in [-0.05, 0) is 56.7 Å². The normalized spacial score (nSPS) is 21.4. The van der Waals surface area contributed by atoms with E-state index in [-0.39, 0.29) is 6.10 Å². The zero-order valence-corrected chi connectivity index (χ0v) is 17.4. The maximum Gasteiger partial charge on any atom is 0.203 e. The number of hydrogen-bond donors (Lipinski definition) is 1. The number of nitrogens with one attached hydrogen (secondary N) is 1. The summed E-state index contributed by atoms with van der Waals surface area (Å²) in [5.74, 6) is 2.66. The highest BCUT2D eigenvalue weighted by molar-refractivity contribution is 5.67. The highest BCUT2D eigenvalue weighted by Crippen LogP contribution is 2.41. The molecule has 1 N–H and O–H groups in total. The second kappa shape index (κ2) is 8.01. The van der Waals surface area contributed by atoms with Gasteiger partial charge in [0.1, 0.15) is 6.33 Å². The summed E-state index contributed by atoms with van der Waals surface area (Å²) in [6, 6.07) is 8.28. The fourth-order valence-electron chi connectivity index (χ4n) is 4.21. The molecule has 0 atom stereocenters. The number of anilines is 1. The number of fused-ring (bicyclic) bond motifs is 1. The lowest BCUT2D eigenvalue weighted by molar-refractivity contribution is 0.144. The molecule has 0 unspecified atom stereocenters. The van der Waals surface area contributed by atoms with Crippen molar-refractivity contribution in [2.45, 2.75) is 56.6 Å². The number of aromatic nitrogens is 4. The maximum atomic E-state index is 6.27. The summed E-state index contributed by atoms with van der Waals surface area (Å²) in [7, 11) is 3.28. The zero-order valence-electron chi connectivity index (χ0n) is 17.4. The van der Waals surface area contributed by atoms with Crippen molar-refractivity contribution >= 4 is 11.3 Å². The van der Waals surface area contributed by atoms with Crippen molar-refractivity contribution in [2.75, 3.05) is 19.5 Å². The molecular formula is C22H27N5O3. The highest BCUT2D eigenvalue weighted by atomic mass is 16.5. The molecule has 0 radical (unpaired) electrons. The second-order valence-corrected chi connectivity index (χ2v) is 8.08. The molecule has 0 aliphatic heterocycles. The standard InChI is InChI=1S/C22H27N5O3/c1-28-19-4-3-5-20(21(19)29-2)30-16-10-8-15(9-11-16)24-18-12-17(14-6-7-14)26-27-13-23-25-22(18)27/h3-5,12-16,24H,6-11H2,1-2H3. The third-order valence-corrected chi connectivity index (χ3v) is 5.98. The first-order chi connectivity index (χ1) is 14.7. The van der Waals surface area contributed by atoms with E-state index in [0.717, 1.165) is 48.5 Å². The Labute approximate surface area is 175 Å². The van der Waals surface area contributed by atoms with Crippen molar-refractivity contribution < 1.29 is 14.2 Å². The van der Waals surface area contributed by atoms with E-state index in [1.807, 2.05) is 18.2 Å². The monoisotopic (exact) mass is 409 g/mol. The Hall–Kier alpha value is -3.03. The molecule has 2 fully saturated rings. The number of ether oxygens (including phenoxy) is 3. The lowest BCUT2D eigenvalue weighted by atomic mass is 9.92. The van der Waals surface area contributed by atoms with E-state index < -0.39 is 0 Å². The largest absolute Gasteiger partial charge is 0.493 e. The molecule has 0 bridgehead atoms. The van der Waals surface area contributed by atoms with Gasteiger partial charge < -0.3 is 19.5 Å². The van der Waals surface area contributed by atoms with Gasteiger partial charge in [0.25, 0.3) is 0 Å². The highest BCUT2D eigenvalue weighted by Gasteiger charge is 2.28. The van der Waals surface area contributed by atoms with E-state index in [9.17, 15) is 0 Å². The first kappa shape index (κ1) is 19.0. The Kier molecular flexibility index (Phi) is 5.06. The molecule has 0 saturated heterocycles. The van der Waals surface area contributed by atoms with Gasteiger partial charge in [-0.2, -0.15) is 9.61 Å². The first-order valence-electron chi connectivity index (χ1n) is 10.6. The fraction of sp³-hybridized carbons (Fsp3) is 0.500. The molecule has 1 aromatic carbocycles. The number of para-hydroxylation sites is 1. The smallest absolute Gasteiger partial charge is 0.203 e. The summed E-state index contributed by atoms with van der Waals surface area (Å²) in [4.78, 5) is 0. The molecule has 0 amide bonds. The third kappa shape index (κ3) is 3.74. The van der Waals surface area contributed by atoms with Crippen LogP contribution in [0.1, 0.15) is 50.1 Å². The number of nitrogens with zero attached hydrogens (tertiary/aromatic N) is 4. The molecule has 2 aliphatic rings. The Morgan fingerprint density at radius 2 is 1.80 bits per heavy atom. The van der Waals surface area contributed by atoms with Crippen LogP contribution in [0.5, 0.6) is 17.2 Å². The van der Waals surface area contributed by atoms with Crippen LogP contribution in [0.25, 0.3) is 5.65 Å². The van der Waals surface area contributed by atoms with Gasteiger partial charge in [-0.25, -0.2) is 0 Å². The van der Waals surface area contributed by atoms with E-state index in [0.29, 0.717) is 23.5 Å². The third-order valence-electron chi connectivity index (χ3n) is 5.98. The van der Waals surface area contributed by atoms with Crippen LogP contribution >= 0.6 is 0 Å². The molecule has 30 heavy (non-hydrogen) atoms. The Morgan fingerprint density at radius 3 is 2.53 bits per heavy atom. The molecular weight excluding hydrogens is 382 g/mol. The summed E-state index contributed by atoms with van der Waals surface area (Å²) in [5, 5.41) is 16.6. The van der Waals surface area contributed by atoms with Crippen LogP contribution in [0.15, 0.2) is 30.6 Å². The second-order valence-electron chi connectivity index (χ2n) is 8.08. The topological polar surface area (TPSA) is 82.8 Å². The van der Waals surface area contributed by atoms with Gasteiger partial charge in [-0.15, -0.1) is 10.2 Å². The van der Waals surface area contributed by atoms with Crippen molar-refractivity contribution in [3.05, 3.63) is 36.3 Å². The van der Waals surface area contributed by atoms with E-state index in [1.54, 1.807) is 25.1 Å². The van der Waals surface area contributed by atoms with Gasteiger partial charge >= 0.3 is 0 Å². The molecule has 2 saturated carbocycles. The predicted octanol–water partition coefficient (Wildman–Crippen LogP) is 3.82. The molecule has 2 aromatic heterocycles. The minimum Gasteiger partial charge on any atom is -0.493 e. The van der Waals surface area contributed by atoms with Crippen molar-refractivity contribution in [3.8, 4) is 17.2 Å². The van der Waals surface area contributed by atoms with Gasteiger partial charge in [0, 0.05) is 12.0 Å². The van der Waals surface area contributed by atoms with E-state index in [2.05, 4.69) is 26.7 Å². The van der Waals surface area contributed by atoms with Crippen molar-refractivity contribution in [2.24, 2.45) is 0 Å². The maximum absolute atomic E-state index is 6.27. The van der Waals surface area contributed by atoms with Crippen molar-refractivity contribution in [3.63, 3.8) is 0 Å². The SMILES string of the molecule is COc1cccc(OC2CCC(Nc3cc(C4CC4)nn4cnnc34)CC2)c1OC. The van der Waals surface area contributed by atoms with E-state index in [1.165, 1.54) is 12.8 Å². The summed E-state index contributed by atoms with van der Waals surface area (Å²) in [5.41, 5.74) is 2.95. The Morgan fingerprint density at radius 1 is 1.00 bits per heavy atom. The van der Waals surface area contributed by atoms with Gasteiger partial charge in [0.05, 0.1) is 31.7 Å². The minimum atomic E-state index is 0.164. The Balaban J connectivity index is 1.24.